The Hall–Kier alpha value is -1.26. The second-order valence-corrected chi connectivity index (χ2v) is 8.41. The van der Waals surface area contributed by atoms with E-state index in [0.717, 1.165) is 6.07 Å². The van der Waals surface area contributed by atoms with Crippen LogP contribution in [0, 0.1) is 15.9 Å². The van der Waals surface area contributed by atoms with Crippen molar-refractivity contribution in [3.63, 3.8) is 0 Å². The number of nitrogens with zero attached hydrogens (tertiary/aromatic N) is 1. The number of rotatable bonds is 5. The summed E-state index contributed by atoms with van der Waals surface area (Å²) in [5, 5.41) is 10.7. The molecule has 0 unspecified atom stereocenters. The van der Waals surface area contributed by atoms with Gasteiger partial charge in [0, 0.05) is 16.7 Å². The van der Waals surface area contributed by atoms with Crippen LogP contribution < -0.4 is 0 Å². The van der Waals surface area contributed by atoms with Crippen molar-refractivity contribution in [1.82, 2.24) is 0 Å². The van der Waals surface area contributed by atoms with Crippen molar-refractivity contribution >= 4 is 35.3 Å². The van der Waals surface area contributed by atoms with Crippen molar-refractivity contribution in [1.29, 1.82) is 0 Å². The van der Waals surface area contributed by atoms with Crippen LogP contribution in [-0.2, 0) is 18.9 Å². The molecule has 0 bridgehead atoms. The first kappa shape index (κ1) is 15.8. The highest BCUT2D eigenvalue weighted by atomic mass is 35.7. The Labute approximate surface area is 112 Å². The number of benzene rings is 1. The van der Waals surface area contributed by atoms with Crippen LogP contribution in [0.3, 0.4) is 0 Å². The van der Waals surface area contributed by atoms with Crippen LogP contribution in [-0.4, -0.2) is 33.3 Å². The number of hydrogen-bond donors (Lipinski definition) is 0. The van der Waals surface area contributed by atoms with Gasteiger partial charge >= 0.3 is 0 Å². The van der Waals surface area contributed by atoms with Gasteiger partial charge in [-0.05, 0) is 12.1 Å². The van der Waals surface area contributed by atoms with Crippen LogP contribution in [0.25, 0.3) is 0 Å². The molecule has 0 saturated heterocycles. The fraction of sp³-hybridized carbons (Fsp3) is 0.250. The predicted octanol–water partition coefficient (Wildman–Crippen LogP) is 1.08. The Morgan fingerprint density at radius 3 is 2.26 bits per heavy atom. The van der Waals surface area contributed by atoms with Crippen molar-refractivity contribution in [2.45, 2.75) is 4.90 Å². The van der Waals surface area contributed by atoms with Gasteiger partial charge in [0.2, 0.25) is 9.05 Å². The molecular formula is C8H7ClFNO6S2. The molecule has 0 aromatic heterocycles. The summed E-state index contributed by atoms with van der Waals surface area (Å²) in [6, 6.07) is 1.89. The van der Waals surface area contributed by atoms with Gasteiger partial charge in [0.05, 0.1) is 16.4 Å². The molecule has 1 rings (SSSR count). The average molecular weight is 332 g/mol. The summed E-state index contributed by atoms with van der Waals surface area (Å²) >= 11 is 0. The zero-order chi connectivity index (χ0) is 14.8. The van der Waals surface area contributed by atoms with E-state index in [-0.39, 0.29) is 0 Å². The minimum Gasteiger partial charge on any atom is -0.258 e. The van der Waals surface area contributed by atoms with Gasteiger partial charge in [0.1, 0.15) is 10.7 Å². The van der Waals surface area contributed by atoms with E-state index in [2.05, 4.69) is 0 Å². The van der Waals surface area contributed by atoms with Crippen molar-refractivity contribution in [3.8, 4) is 0 Å². The number of nitro benzene ring substituents is 1. The van der Waals surface area contributed by atoms with E-state index < -0.39 is 51.7 Å². The quantitative estimate of drug-likeness (QED) is 0.453. The van der Waals surface area contributed by atoms with E-state index in [0.29, 0.717) is 12.1 Å². The summed E-state index contributed by atoms with van der Waals surface area (Å²) in [5.41, 5.74) is -0.826. The molecule has 0 aliphatic carbocycles. The van der Waals surface area contributed by atoms with E-state index in [9.17, 15) is 31.3 Å². The molecule has 0 N–H and O–H groups in total. The Balaban J connectivity index is 3.28. The van der Waals surface area contributed by atoms with Gasteiger partial charge in [-0.1, -0.05) is 0 Å². The molecule has 11 heteroatoms. The Morgan fingerprint density at radius 1 is 1.21 bits per heavy atom. The topological polar surface area (TPSA) is 111 Å². The van der Waals surface area contributed by atoms with E-state index in [1.54, 1.807) is 0 Å². The van der Waals surface area contributed by atoms with E-state index >= 15 is 0 Å². The lowest BCUT2D eigenvalue weighted by molar-refractivity contribution is -0.387. The monoisotopic (exact) mass is 331 g/mol. The molecule has 0 aliphatic rings. The van der Waals surface area contributed by atoms with Crippen molar-refractivity contribution in [2.24, 2.45) is 0 Å². The Kier molecular flexibility index (Phi) is 4.48. The number of nitro groups is 1. The number of hydrogen-bond acceptors (Lipinski definition) is 6. The molecule has 0 saturated carbocycles. The normalized spacial score (nSPS) is 12.3. The zero-order valence-corrected chi connectivity index (χ0v) is 11.5. The van der Waals surface area contributed by atoms with Crippen LogP contribution in [0.5, 0.6) is 0 Å². The highest BCUT2D eigenvalue weighted by Gasteiger charge is 2.27. The van der Waals surface area contributed by atoms with Crippen LogP contribution >= 0.6 is 10.7 Å². The first-order valence-electron chi connectivity index (χ1n) is 4.62. The fourth-order valence-electron chi connectivity index (χ4n) is 1.21. The van der Waals surface area contributed by atoms with Crippen LogP contribution in [0.15, 0.2) is 23.1 Å². The standard InChI is InChI=1S/C8H7ClFNO6S2/c9-19(16,17)4-3-18(14,15)8-5-6(10)1-2-7(8)11(12)13/h1-2,5H,3-4H2. The highest BCUT2D eigenvalue weighted by molar-refractivity contribution is 8.14. The summed E-state index contributed by atoms with van der Waals surface area (Å²) in [5.74, 6) is -2.88. The lowest BCUT2D eigenvalue weighted by Gasteiger charge is -2.04. The van der Waals surface area contributed by atoms with Gasteiger partial charge < -0.3 is 0 Å². The molecule has 0 heterocycles. The molecule has 0 aliphatic heterocycles. The van der Waals surface area contributed by atoms with E-state index in [1.807, 2.05) is 0 Å². The molecule has 19 heavy (non-hydrogen) atoms. The van der Waals surface area contributed by atoms with Gasteiger partial charge in [-0.2, -0.15) is 0 Å². The third-order valence-corrected chi connectivity index (χ3v) is 5.20. The van der Waals surface area contributed by atoms with Gasteiger partial charge in [-0.3, -0.25) is 10.1 Å². The van der Waals surface area contributed by atoms with Gasteiger partial charge in [-0.15, -0.1) is 0 Å². The molecule has 1 aromatic carbocycles. The van der Waals surface area contributed by atoms with Crippen LogP contribution in [0.2, 0.25) is 0 Å². The third kappa shape index (κ3) is 4.40. The molecule has 0 amide bonds. The lowest BCUT2D eigenvalue weighted by atomic mass is 10.3. The maximum atomic E-state index is 13.0. The van der Waals surface area contributed by atoms with E-state index in [4.69, 9.17) is 10.7 Å². The largest absolute Gasteiger partial charge is 0.288 e. The van der Waals surface area contributed by atoms with Crippen LogP contribution in [0.4, 0.5) is 10.1 Å². The predicted molar refractivity (Wildman–Crippen MR) is 64.7 cm³/mol. The number of halogens is 2. The summed E-state index contributed by atoms with van der Waals surface area (Å²) in [6.45, 7) is 0. The summed E-state index contributed by atoms with van der Waals surface area (Å²) < 4.78 is 57.9. The highest BCUT2D eigenvalue weighted by Crippen LogP contribution is 2.25. The average Bonchev–Trinajstić information content (AvgIpc) is 2.25. The molecule has 106 valence electrons. The summed E-state index contributed by atoms with van der Waals surface area (Å²) in [4.78, 5) is 8.78. The molecule has 0 atom stereocenters. The molecule has 0 spiro atoms. The summed E-state index contributed by atoms with van der Waals surface area (Å²) in [7, 11) is -3.56. The smallest absolute Gasteiger partial charge is 0.258 e. The van der Waals surface area contributed by atoms with Gasteiger partial charge in [-0.25, -0.2) is 21.2 Å². The summed E-state index contributed by atoms with van der Waals surface area (Å²) in [6.07, 6.45) is 0. The molecule has 1 aromatic rings. The van der Waals surface area contributed by atoms with Crippen LogP contribution in [0.1, 0.15) is 0 Å². The second-order valence-electron chi connectivity index (χ2n) is 3.43. The SMILES string of the molecule is O=[N+]([O-])c1ccc(F)cc1S(=O)(=O)CCS(=O)(=O)Cl. The zero-order valence-electron chi connectivity index (χ0n) is 9.12. The molecule has 0 fully saturated rings. The minimum absolute atomic E-state index is 0.467. The van der Waals surface area contributed by atoms with Crippen molar-refractivity contribution < 1.29 is 26.1 Å². The first-order valence-corrected chi connectivity index (χ1v) is 8.75. The second kappa shape index (κ2) is 5.39. The third-order valence-electron chi connectivity index (χ3n) is 2.05. The first-order chi connectivity index (χ1) is 8.53. The fourth-order valence-corrected chi connectivity index (χ4v) is 4.42. The van der Waals surface area contributed by atoms with Gasteiger partial charge in [0.15, 0.2) is 9.84 Å². The number of sulfone groups is 1. The maximum Gasteiger partial charge on any atom is 0.288 e. The minimum atomic E-state index is -4.34. The molecular weight excluding hydrogens is 325 g/mol. The van der Waals surface area contributed by atoms with E-state index in [1.165, 1.54) is 0 Å². The maximum absolute atomic E-state index is 13.0. The Bertz CT molecular complexity index is 715. The lowest BCUT2D eigenvalue weighted by Crippen LogP contribution is -2.15. The van der Waals surface area contributed by atoms with Gasteiger partial charge in [0.25, 0.3) is 5.69 Å². The molecule has 7 nitrogen and oxygen atoms in total. The van der Waals surface area contributed by atoms with Crippen molar-refractivity contribution in [2.75, 3.05) is 11.5 Å². The molecule has 0 radical (unpaired) electrons. The van der Waals surface area contributed by atoms with Crippen molar-refractivity contribution in [3.05, 3.63) is 34.1 Å². The Morgan fingerprint density at radius 2 is 1.79 bits per heavy atom.